The molecule has 5 nitrogen and oxygen atoms in total. The molecule has 0 aromatic carbocycles. The van der Waals surface area contributed by atoms with Crippen LogP contribution in [0.4, 0.5) is 18.3 Å². The highest BCUT2D eigenvalue weighted by molar-refractivity contribution is 7.13. The number of aromatic nitrogens is 1. The van der Waals surface area contributed by atoms with Gasteiger partial charge in [-0.15, -0.1) is 11.3 Å². The van der Waals surface area contributed by atoms with E-state index in [-0.39, 0.29) is 24.4 Å². The normalized spacial score (nSPS) is 21.7. The summed E-state index contributed by atoms with van der Waals surface area (Å²) in [7, 11) is 1.26. The Bertz CT molecular complexity index is 574. The number of hydrogen-bond donors (Lipinski definition) is 1. The van der Waals surface area contributed by atoms with Crippen molar-refractivity contribution in [1.82, 2.24) is 4.98 Å². The fraction of sp³-hybridized carbons (Fsp3) is 0.643. The lowest BCUT2D eigenvalue weighted by Crippen LogP contribution is -2.34. The van der Waals surface area contributed by atoms with Crippen LogP contribution in [0.15, 0.2) is 5.38 Å². The molecule has 1 heterocycles. The second-order valence-corrected chi connectivity index (χ2v) is 6.35. The summed E-state index contributed by atoms with van der Waals surface area (Å²) < 4.78 is 42.8. The highest BCUT2D eigenvalue weighted by Gasteiger charge is 2.43. The number of halogens is 3. The molecule has 1 aliphatic rings. The molecule has 1 fully saturated rings. The monoisotopic (exact) mass is 350 g/mol. The van der Waals surface area contributed by atoms with Gasteiger partial charge in [-0.25, -0.2) is 4.98 Å². The van der Waals surface area contributed by atoms with Crippen LogP contribution in [0.1, 0.15) is 31.4 Å². The van der Waals surface area contributed by atoms with Gasteiger partial charge in [0, 0.05) is 11.3 Å². The number of ether oxygens (including phenoxy) is 1. The van der Waals surface area contributed by atoms with Crippen molar-refractivity contribution < 1.29 is 27.5 Å². The molecule has 0 aliphatic heterocycles. The van der Waals surface area contributed by atoms with E-state index in [1.165, 1.54) is 7.11 Å². The molecule has 23 heavy (non-hydrogen) atoms. The molecule has 128 valence electrons. The Hall–Kier alpha value is -1.64. The van der Waals surface area contributed by atoms with Crippen molar-refractivity contribution in [1.29, 1.82) is 0 Å². The molecular formula is C14H17F3N2O3S. The Morgan fingerprint density at radius 3 is 2.83 bits per heavy atom. The zero-order chi connectivity index (χ0) is 17.0. The summed E-state index contributed by atoms with van der Waals surface area (Å²) in [5.41, 5.74) is 0.453. The van der Waals surface area contributed by atoms with E-state index in [9.17, 15) is 22.8 Å². The van der Waals surface area contributed by atoms with E-state index in [2.05, 4.69) is 15.0 Å². The van der Waals surface area contributed by atoms with Crippen molar-refractivity contribution in [2.45, 2.75) is 38.3 Å². The Labute approximate surface area is 135 Å². The number of rotatable bonds is 4. The quantitative estimate of drug-likeness (QED) is 0.847. The first-order valence-corrected chi connectivity index (χ1v) is 8.06. The van der Waals surface area contributed by atoms with E-state index in [4.69, 9.17) is 0 Å². The van der Waals surface area contributed by atoms with Crippen molar-refractivity contribution in [2.24, 2.45) is 11.8 Å². The maximum Gasteiger partial charge on any atom is 0.391 e. The third-order valence-electron chi connectivity index (χ3n) is 3.84. The largest absolute Gasteiger partial charge is 0.469 e. The van der Waals surface area contributed by atoms with Gasteiger partial charge in [0.1, 0.15) is 0 Å². The number of esters is 1. The van der Waals surface area contributed by atoms with Crippen molar-refractivity contribution in [3.05, 3.63) is 11.1 Å². The average molecular weight is 350 g/mol. The van der Waals surface area contributed by atoms with E-state index in [1.54, 1.807) is 5.38 Å². The Balaban J connectivity index is 1.92. The first-order chi connectivity index (χ1) is 10.8. The predicted molar refractivity (Wildman–Crippen MR) is 78.0 cm³/mol. The van der Waals surface area contributed by atoms with Gasteiger partial charge in [0.2, 0.25) is 5.91 Å². The molecule has 1 aromatic heterocycles. The molecule has 0 radical (unpaired) electrons. The van der Waals surface area contributed by atoms with Crippen LogP contribution in [0.3, 0.4) is 0 Å². The number of nitrogens with one attached hydrogen (secondary N) is 1. The zero-order valence-corrected chi connectivity index (χ0v) is 13.3. The highest BCUT2D eigenvalue weighted by atomic mass is 32.1. The van der Waals surface area contributed by atoms with Crippen LogP contribution in [-0.2, 0) is 20.7 Å². The van der Waals surface area contributed by atoms with Crippen LogP contribution in [0, 0.1) is 11.8 Å². The lowest BCUT2D eigenvalue weighted by atomic mass is 9.80. The van der Waals surface area contributed by atoms with Crippen LogP contribution in [0.5, 0.6) is 0 Å². The van der Waals surface area contributed by atoms with E-state index in [0.717, 1.165) is 11.3 Å². The maximum atomic E-state index is 12.8. The van der Waals surface area contributed by atoms with Gasteiger partial charge in [-0.2, -0.15) is 13.2 Å². The number of hydrogen-bond acceptors (Lipinski definition) is 5. The van der Waals surface area contributed by atoms with Crippen LogP contribution in [0.2, 0.25) is 0 Å². The lowest BCUT2D eigenvalue weighted by Gasteiger charge is -2.29. The number of carbonyl (C=O) groups is 2. The predicted octanol–water partition coefficient (Wildman–Crippen LogP) is 3.17. The first kappa shape index (κ1) is 17.7. The molecule has 2 unspecified atom stereocenters. The number of amides is 1. The minimum Gasteiger partial charge on any atom is -0.469 e. The van der Waals surface area contributed by atoms with Gasteiger partial charge in [0.25, 0.3) is 0 Å². The van der Waals surface area contributed by atoms with Gasteiger partial charge in [0.15, 0.2) is 5.13 Å². The lowest BCUT2D eigenvalue weighted by molar-refractivity contribution is -0.185. The molecule has 2 rings (SSSR count). The van der Waals surface area contributed by atoms with Crippen molar-refractivity contribution in [2.75, 3.05) is 12.4 Å². The Morgan fingerprint density at radius 2 is 2.17 bits per heavy atom. The van der Waals surface area contributed by atoms with Crippen LogP contribution in [-0.4, -0.2) is 30.1 Å². The molecule has 0 bridgehead atoms. The van der Waals surface area contributed by atoms with Crippen LogP contribution < -0.4 is 5.32 Å². The fourth-order valence-corrected chi connectivity index (χ4v) is 3.31. The minimum atomic E-state index is -4.26. The number of carbonyl (C=O) groups excluding carboxylic acids is 2. The third kappa shape index (κ3) is 4.92. The smallest absolute Gasteiger partial charge is 0.391 e. The van der Waals surface area contributed by atoms with Crippen molar-refractivity contribution >= 4 is 28.3 Å². The van der Waals surface area contributed by atoms with Gasteiger partial charge in [0.05, 0.1) is 25.1 Å². The summed E-state index contributed by atoms with van der Waals surface area (Å²) >= 11 is 1.13. The maximum absolute atomic E-state index is 12.8. The fourth-order valence-electron chi connectivity index (χ4n) is 2.60. The topological polar surface area (TPSA) is 68.3 Å². The SMILES string of the molecule is COC(=O)Cc1csc(NC(=O)C2CCCC(C(F)(F)F)C2)n1. The van der Waals surface area contributed by atoms with Crippen molar-refractivity contribution in [3.8, 4) is 0 Å². The molecule has 9 heteroatoms. The summed E-state index contributed by atoms with van der Waals surface area (Å²) in [6.07, 6.45) is -3.55. The number of nitrogens with zero attached hydrogens (tertiary/aromatic N) is 1. The highest BCUT2D eigenvalue weighted by Crippen LogP contribution is 2.40. The minimum absolute atomic E-state index is 0.0115. The molecule has 1 aliphatic carbocycles. The number of alkyl halides is 3. The second kappa shape index (κ2) is 7.29. The molecule has 2 atom stereocenters. The number of thiazole rings is 1. The van der Waals surface area contributed by atoms with E-state index < -0.39 is 29.9 Å². The van der Waals surface area contributed by atoms with Gasteiger partial charge in [-0.1, -0.05) is 6.42 Å². The third-order valence-corrected chi connectivity index (χ3v) is 4.65. The van der Waals surface area contributed by atoms with Crippen molar-refractivity contribution in [3.63, 3.8) is 0 Å². The molecule has 1 amide bonds. The molecule has 0 spiro atoms. The molecule has 0 saturated heterocycles. The summed E-state index contributed by atoms with van der Waals surface area (Å²) in [4.78, 5) is 27.3. The van der Waals surface area contributed by atoms with Gasteiger partial charge in [-0.05, 0) is 19.3 Å². The van der Waals surface area contributed by atoms with Gasteiger partial charge < -0.3 is 10.1 Å². The van der Waals surface area contributed by atoms with E-state index in [1.807, 2.05) is 0 Å². The standard InChI is InChI=1S/C14H17F3N2O3S/c1-22-11(20)6-10-7-23-13(18-10)19-12(21)8-3-2-4-9(5-8)14(15,16)17/h7-9H,2-6H2,1H3,(H,18,19,21). The number of anilines is 1. The molecular weight excluding hydrogens is 333 g/mol. The molecule has 1 saturated carbocycles. The van der Waals surface area contributed by atoms with Crippen LogP contribution in [0.25, 0.3) is 0 Å². The molecule has 1 aromatic rings. The summed E-state index contributed by atoms with van der Waals surface area (Å²) in [6, 6.07) is 0. The summed E-state index contributed by atoms with van der Waals surface area (Å²) in [6.45, 7) is 0. The summed E-state index contributed by atoms with van der Waals surface area (Å²) in [5.74, 6) is -2.98. The van der Waals surface area contributed by atoms with Crippen LogP contribution >= 0.6 is 11.3 Å². The molecule has 1 N–H and O–H groups in total. The van der Waals surface area contributed by atoms with Gasteiger partial charge >= 0.3 is 12.1 Å². The van der Waals surface area contributed by atoms with E-state index >= 15 is 0 Å². The average Bonchev–Trinajstić information content (AvgIpc) is 2.93. The van der Waals surface area contributed by atoms with E-state index in [0.29, 0.717) is 18.5 Å². The zero-order valence-electron chi connectivity index (χ0n) is 12.5. The Kier molecular flexibility index (Phi) is 5.61. The first-order valence-electron chi connectivity index (χ1n) is 7.18. The second-order valence-electron chi connectivity index (χ2n) is 5.49. The Morgan fingerprint density at radius 1 is 1.43 bits per heavy atom. The summed E-state index contributed by atoms with van der Waals surface area (Å²) in [5, 5.41) is 4.43. The van der Waals surface area contributed by atoms with Gasteiger partial charge in [-0.3, -0.25) is 9.59 Å². The number of methoxy groups -OCH3 is 1.